The third-order valence-corrected chi connectivity index (χ3v) is 2.82. The molecule has 1 aliphatic rings. The van der Waals surface area contributed by atoms with Crippen LogP contribution in [0.3, 0.4) is 0 Å². The van der Waals surface area contributed by atoms with Crippen molar-refractivity contribution in [3.63, 3.8) is 0 Å². The van der Waals surface area contributed by atoms with Crippen molar-refractivity contribution in [1.82, 2.24) is 4.90 Å². The van der Waals surface area contributed by atoms with Gasteiger partial charge in [0.15, 0.2) is 0 Å². The molecule has 14 heavy (non-hydrogen) atoms. The number of ether oxygens (including phenoxy) is 1. The number of likely N-dealkylation sites (tertiary alicyclic amines) is 1. The van der Waals surface area contributed by atoms with Gasteiger partial charge in [-0.1, -0.05) is 15.9 Å². The SMILES string of the molecule is CC1CC(Br)CN1C(=O)OC(C)(C)C. The van der Waals surface area contributed by atoms with Gasteiger partial charge in [0, 0.05) is 17.4 Å². The van der Waals surface area contributed by atoms with Crippen LogP contribution in [0.2, 0.25) is 0 Å². The Balaban J connectivity index is 2.53. The van der Waals surface area contributed by atoms with Gasteiger partial charge in [0.05, 0.1) is 0 Å². The molecule has 0 aliphatic carbocycles. The number of hydrogen-bond donors (Lipinski definition) is 0. The lowest BCUT2D eigenvalue weighted by atomic mass is 10.2. The number of carbonyl (C=O) groups excluding carboxylic acids is 1. The van der Waals surface area contributed by atoms with E-state index in [-0.39, 0.29) is 12.1 Å². The molecular formula is C10H18BrNO2. The standard InChI is InChI=1S/C10H18BrNO2/c1-7-5-8(11)6-12(7)9(13)14-10(2,3)4/h7-8H,5-6H2,1-4H3. The maximum absolute atomic E-state index is 11.7. The second-order valence-electron chi connectivity index (χ2n) is 4.81. The lowest BCUT2D eigenvalue weighted by Crippen LogP contribution is -2.38. The zero-order chi connectivity index (χ0) is 10.9. The molecule has 4 heteroatoms. The first-order valence-corrected chi connectivity index (χ1v) is 5.85. The number of amides is 1. The molecule has 3 nitrogen and oxygen atoms in total. The molecule has 0 radical (unpaired) electrons. The van der Waals surface area contributed by atoms with Gasteiger partial charge in [-0.2, -0.15) is 0 Å². The van der Waals surface area contributed by atoms with Crippen molar-refractivity contribution in [2.75, 3.05) is 6.54 Å². The van der Waals surface area contributed by atoms with Crippen LogP contribution in [0.1, 0.15) is 34.1 Å². The minimum Gasteiger partial charge on any atom is -0.444 e. The van der Waals surface area contributed by atoms with Crippen LogP contribution in [0.4, 0.5) is 4.79 Å². The second-order valence-corrected chi connectivity index (χ2v) is 6.11. The normalized spacial score (nSPS) is 27.9. The van der Waals surface area contributed by atoms with Crippen molar-refractivity contribution in [2.24, 2.45) is 0 Å². The fourth-order valence-electron chi connectivity index (χ4n) is 1.54. The summed E-state index contributed by atoms with van der Waals surface area (Å²) in [7, 11) is 0. The van der Waals surface area contributed by atoms with E-state index < -0.39 is 5.60 Å². The summed E-state index contributed by atoms with van der Waals surface area (Å²) >= 11 is 3.52. The lowest BCUT2D eigenvalue weighted by molar-refractivity contribution is 0.0240. The molecule has 1 heterocycles. The molecule has 0 saturated carbocycles. The molecule has 1 fully saturated rings. The molecule has 0 aromatic rings. The molecule has 1 rings (SSSR count). The van der Waals surface area contributed by atoms with E-state index in [1.54, 1.807) is 4.90 Å². The van der Waals surface area contributed by atoms with Gasteiger partial charge in [-0.15, -0.1) is 0 Å². The van der Waals surface area contributed by atoms with E-state index in [2.05, 4.69) is 15.9 Å². The highest BCUT2D eigenvalue weighted by Crippen LogP contribution is 2.24. The molecule has 82 valence electrons. The summed E-state index contributed by atoms with van der Waals surface area (Å²) in [4.78, 5) is 13.9. The molecule has 0 bridgehead atoms. The Hall–Kier alpha value is -0.250. The Labute approximate surface area is 93.9 Å². The van der Waals surface area contributed by atoms with E-state index in [9.17, 15) is 4.79 Å². The Morgan fingerprint density at radius 1 is 1.50 bits per heavy atom. The second kappa shape index (κ2) is 4.09. The zero-order valence-electron chi connectivity index (χ0n) is 9.21. The van der Waals surface area contributed by atoms with E-state index >= 15 is 0 Å². The van der Waals surface area contributed by atoms with Gasteiger partial charge in [-0.3, -0.25) is 0 Å². The van der Waals surface area contributed by atoms with Gasteiger partial charge in [-0.25, -0.2) is 4.79 Å². The van der Waals surface area contributed by atoms with Gasteiger partial charge >= 0.3 is 6.09 Å². The predicted molar refractivity (Wildman–Crippen MR) is 59.7 cm³/mol. The molecule has 2 unspecified atom stereocenters. The number of carbonyl (C=O) groups is 1. The molecule has 0 aromatic heterocycles. The number of hydrogen-bond acceptors (Lipinski definition) is 2. The Morgan fingerprint density at radius 2 is 2.07 bits per heavy atom. The number of halogens is 1. The van der Waals surface area contributed by atoms with Crippen LogP contribution in [0, 0.1) is 0 Å². The Morgan fingerprint density at radius 3 is 2.43 bits per heavy atom. The quantitative estimate of drug-likeness (QED) is 0.629. The van der Waals surface area contributed by atoms with E-state index in [0.29, 0.717) is 4.83 Å². The molecule has 1 aliphatic heterocycles. The number of alkyl halides is 1. The molecule has 0 aromatic carbocycles. The smallest absolute Gasteiger partial charge is 0.410 e. The van der Waals surface area contributed by atoms with Gasteiger partial charge in [0.1, 0.15) is 5.60 Å². The Bertz CT molecular complexity index is 225. The van der Waals surface area contributed by atoms with Gasteiger partial charge in [-0.05, 0) is 34.1 Å². The van der Waals surface area contributed by atoms with E-state index in [0.717, 1.165) is 13.0 Å². The maximum Gasteiger partial charge on any atom is 0.410 e. The van der Waals surface area contributed by atoms with Gasteiger partial charge in [0.25, 0.3) is 0 Å². The molecule has 2 atom stereocenters. The highest BCUT2D eigenvalue weighted by Gasteiger charge is 2.33. The highest BCUT2D eigenvalue weighted by atomic mass is 79.9. The summed E-state index contributed by atoms with van der Waals surface area (Å²) in [6.45, 7) is 8.45. The molecule has 0 N–H and O–H groups in total. The van der Waals surface area contributed by atoms with Crippen LogP contribution in [-0.4, -0.2) is 34.0 Å². The van der Waals surface area contributed by atoms with Crippen LogP contribution < -0.4 is 0 Å². The summed E-state index contributed by atoms with van der Waals surface area (Å²) in [6.07, 6.45) is 0.797. The third kappa shape index (κ3) is 3.15. The first-order valence-electron chi connectivity index (χ1n) is 4.93. The summed E-state index contributed by atoms with van der Waals surface area (Å²) in [6, 6.07) is 0.272. The van der Waals surface area contributed by atoms with Gasteiger partial charge < -0.3 is 9.64 Å². The first-order chi connectivity index (χ1) is 6.29. The van der Waals surface area contributed by atoms with Crippen molar-refractivity contribution >= 4 is 22.0 Å². The summed E-state index contributed by atoms with van der Waals surface area (Å²) in [5.74, 6) is 0. The summed E-state index contributed by atoms with van der Waals surface area (Å²) in [5, 5.41) is 0. The number of nitrogens with zero attached hydrogens (tertiary/aromatic N) is 1. The third-order valence-electron chi connectivity index (χ3n) is 2.15. The fraction of sp³-hybridized carbons (Fsp3) is 0.900. The average Bonchev–Trinajstić information content (AvgIpc) is 2.26. The van der Waals surface area contributed by atoms with Crippen molar-refractivity contribution in [3.05, 3.63) is 0 Å². The van der Waals surface area contributed by atoms with Crippen LogP contribution >= 0.6 is 15.9 Å². The van der Waals surface area contributed by atoms with Crippen molar-refractivity contribution in [2.45, 2.75) is 50.6 Å². The van der Waals surface area contributed by atoms with Crippen molar-refractivity contribution in [3.8, 4) is 0 Å². The highest BCUT2D eigenvalue weighted by molar-refractivity contribution is 9.09. The van der Waals surface area contributed by atoms with Crippen LogP contribution in [0.5, 0.6) is 0 Å². The minimum absolute atomic E-state index is 0.202. The Kier molecular flexibility index (Phi) is 3.45. The van der Waals surface area contributed by atoms with Crippen LogP contribution in [0.25, 0.3) is 0 Å². The molecular weight excluding hydrogens is 246 g/mol. The average molecular weight is 264 g/mol. The summed E-state index contributed by atoms with van der Waals surface area (Å²) < 4.78 is 5.31. The van der Waals surface area contributed by atoms with Crippen molar-refractivity contribution < 1.29 is 9.53 Å². The van der Waals surface area contributed by atoms with Gasteiger partial charge in [0.2, 0.25) is 0 Å². The zero-order valence-corrected chi connectivity index (χ0v) is 10.8. The van der Waals surface area contributed by atoms with Crippen LogP contribution in [0.15, 0.2) is 0 Å². The van der Waals surface area contributed by atoms with E-state index in [4.69, 9.17) is 4.74 Å². The predicted octanol–water partition coefficient (Wildman–Crippen LogP) is 2.78. The molecule has 1 saturated heterocycles. The van der Waals surface area contributed by atoms with Crippen LogP contribution in [-0.2, 0) is 4.74 Å². The summed E-state index contributed by atoms with van der Waals surface area (Å²) in [5.41, 5.74) is -0.402. The van der Waals surface area contributed by atoms with E-state index in [1.807, 2.05) is 27.7 Å². The first kappa shape index (κ1) is 11.8. The maximum atomic E-state index is 11.7. The lowest BCUT2D eigenvalue weighted by Gasteiger charge is -2.26. The van der Waals surface area contributed by atoms with Crippen molar-refractivity contribution in [1.29, 1.82) is 0 Å². The fourth-order valence-corrected chi connectivity index (χ4v) is 2.39. The van der Waals surface area contributed by atoms with E-state index in [1.165, 1.54) is 0 Å². The molecule has 1 amide bonds. The largest absolute Gasteiger partial charge is 0.444 e. The topological polar surface area (TPSA) is 29.5 Å². The minimum atomic E-state index is -0.402. The monoisotopic (exact) mass is 263 g/mol. The molecule has 0 spiro atoms. The number of rotatable bonds is 0.